The van der Waals surface area contributed by atoms with Crippen molar-refractivity contribution in [1.82, 2.24) is 4.90 Å². The fourth-order valence-electron chi connectivity index (χ4n) is 6.25. The molecule has 10 nitrogen and oxygen atoms in total. The van der Waals surface area contributed by atoms with Crippen molar-refractivity contribution >= 4 is 51.9 Å². The van der Waals surface area contributed by atoms with E-state index in [-0.39, 0.29) is 23.8 Å². The number of hydrogen-bond donors (Lipinski definition) is 3. The molecule has 0 radical (unpaired) electrons. The summed E-state index contributed by atoms with van der Waals surface area (Å²) < 4.78 is 32.8. The Bertz CT molecular complexity index is 2120. The van der Waals surface area contributed by atoms with Gasteiger partial charge in [0.15, 0.2) is 6.61 Å². The Morgan fingerprint density at radius 1 is 0.849 bits per heavy atom. The van der Waals surface area contributed by atoms with Crippen LogP contribution in [-0.4, -0.2) is 69.0 Å². The number of halogens is 2. The number of carbonyl (C=O) groups excluding carboxylic acids is 3. The molecule has 0 aromatic heterocycles. The van der Waals surface area contributed by atoms with Gasteiger partial charge in [0.2, 0.25) is 11.8 Å². The average Bonchev–Trinajstić information content (AvgIpc) is 3.16. The fraction of sp³-hybridized carbons (Fsp3) is 0.200. The second-order valence-corrected chi connectivity index (χ2v) is 13.6. The first-order chi connectivity index (χ1) is 25.5. The van der Waals surface area contributed by atoms with Crippen molar-refractivity contribution in [2.45, 2.75) is 29.9 Å². The zero-order chi connectivity index (χ0) is 37.6. The molecule has 1 unspecified atom stereocenters. The van der Waals surface area contributed by atoms with Crippen LogP contribution in [0.1, 0.15) is 28.8 Å². The smallest absolute Gasteiger partial charge is 0.327 e. The van der Waals surface area contributed by atoms with Gasteiger partial charge in [-0.3, -0.25) is 19.3 Å². The molecule has 6 rings (SSSR count). The molecule has 5 aromatic carbocycles. The first-order valence-corrected chi connectivity index (χ1v) is 17.7. The summed E-state index contributed by atoms with van der Waals surface area (Å²) in [6.07, 6.45) is -1.10. The van der Waals surface area contributed by atoms with Crippen molar-refractivity contribution in [1.29, 1.82) is 0 Å². The van der Waals surface area contributed by atoms with Crippen molar-refractivity contribution in [3.8, 4) is 5.75 Å². The number of aliphatic carboxylic acids is 1. The summed E-state index contributed by atoms with van der Waals surface area (Å²) >= 11 is 1.23. The van der Waals surface area contributed by atoms with Gasteiger partial charge in [0, 0.05) is 17.9 Å². The molecule has 272 valence electrons. The normalized spacial score (nSPS) is 16.5. The number of ether oxygens (including phenoxy) is 1. The number of amides is 3. The quantitative estimate of drug-likeness (QED) is 0.127. The molecule has 5 aromatic rings. The molecule has 1 aliphatic heterocycles. The molecule has 3 amide bonds. The number of hydrogen-bond acceptors (Lipinski definition) is 8. The van der Waals surface area contributed by atoms with Crippen LogP contribution in [0.15, 0.2) is 115 Å². The lowest BCUT2D eigenvalue weighted by Crippen LogP contribution is -2.57. The lowest BCUT2D eigenvalue weighted by molar-refractivity contribution is -0.158. The van der Waals surface area contributed by atoms with Crippen LogP contribution in [0.25, 0.3) is 10.8 Å². The number of nitrogens with zero attached hydrogens (tertiary/aromatic N) is 2. The summed E-state index contributed by atoms with van der Waals surface area (Å²) in [4.78, 5) is 54.2. The lowest BCUT2D eigenvalue weighted by Gasteiger charge is -2.47. The second kappa shape index (κ2) is 16.4. The third-order valence-electron chi connectivity index (χ3n) is 8.97. The monoisotopic (exact) mass is 739 g/mol. The third kappa shape index (κ3) is 8.38. The van der Waals surface area contributed by atoms with Crippen molar-refractivity contribution in [2.75, 3.05) is 23.8 Å². The number of rotatable bonds is 14. The zero-order valence-electron chi connectivity index (χ0n) is 28.2. The number of carboxylic acids is 1. The molecule has 1 heterocycles. The number of anilines is 1. The van der Waals surface area contributed by atoms with Crippen LogP contribution in [0.4, 0.5) is 14.5 Å². The zero-order valence-corrected chi connectivity index (χ0v) is 29.0. The number of carboxylic acid groups (broad SMARTS) is 1. The van der Waals surface area contributed by atoms with Gasteiger partial charge in [0.1, 0.15) is 28.7 Å². The number of benzene rings is 5. The molecule has 0 aliphatic carbocycles. The Morgan fingerprint density at radius 3 is 2.13 bits per heavy atom. The topological polar surface area (TPSA) is 150 Å². The van der Waals surface area contributed by atoms with Gasteiger partial charge in [-0.05, 0) is 76.0 Å². The third-order valence-corrected chi connectivity index (χ3v) is 10.3. The molecule has 0 spiro atoms. The van der Waals surface area contributed by atoms with Crippen molar-refractivity contribution in [3.63, 3.8) is 0 Å². The van der Waals surface area contributed by atoms with Crippen LogP contribution in [0.2, 0.25) is 0 Å². The molecule has 1 fully saturated rings. The molecule has 13 heteroatoms. The predicted octanol–water partition coefficient (Wildman–Crippen LogP) is 5.43. The molecule has 1 saturated heterocycles. The van der Waals surface area contributed by atoms with E-state index < -0.39 is 66.0 Å². The first-order valence-electron chi connectivity index (χ1n) is 16.7. The molecular weight excluding hydrogens is 705 g/mol. The molecule has 4 N–H and O–H groups in total. The first kappa shape index (κ1) is 37.1. The summed E-state index contributed by atoms with van der Waals surface area (Å²) in [7, 11) is 0. The Labute approximate surface area is 307 Å². The van der Waals surface area contributed by atoms with Gasteiger partial charge in [-0.1, -0.05) is 66.7 Å². The van der Waals surface area contributed by atoms with Gasteiger partial charge >= 0.3 is 5.97 Å². The minimum Gasteiger partial charge on any atom is -0.484 e. The van der Waals surface area contributed by atoms with Crippen LogP contribution in [0.5, 0.6) is 5.75 Å². The van der Waals surface area contributed by atoms with Crippen LogP contribution >= 0.6 is 11.8 Å². The Balaban J connectivity index is 1.16. The Kier molecular flexibility index (Phi) is 11.5. The van der Waals surface area contributed by atoms with Crippen molar-refractivity contribution < 1.29 is 42.9 Å². The highest BCUT2D eigenvalue weighted by Crippen LogP contribution is 2.46. The van der Waals surface area contributed by atoms with E-state index in [1.807, 2.05) is 36.4 Å². The van der Waals surface area contributed by atoms with Crippen LogP contribution in [0.3, 0.4) is 0 Å². The molecular formula is C40H35F2N3O7S. The van der Waals surface area contributed by atoms with Gasteiger partial charge in [-0.15, -0.1) is 11.8 Å². The summed E-state index contributed by atoms with van der Waals surface area (Å²) in [6, 6.07) is 28.4. The van der Waals surface area contributed by atoms with Crippen LogP contribution in [-0.2, 0) is 25.6 Å². The van der Waals surface area contributed by atoms with Gasteiger partial charge in [0.25, 0.3) is 5.91 Å². The van der Waals surface area contributed by atoms with Gasteiger partial charge in [0.05, 0.1) is 18.7 Å². The largest absolute Gasteiger partial charge is 0.484 e. The van der Waals surface area contributed by atoms with E-state index in [1.165, 1.54) is 65.2 Å². The van der Waals surface area contributed by atoms with E-state index in [0.717, 1.165) is 10.8 Å². The lowest BCUT2D eigenvalue weighted by atomic mass is 9.92. The molecule has 4 atom stereocenters. The van der Waals surface area contributed by atoms with Gasteiger partial charge in [-0.2, -0.15) is 0 Å². The summed E-state index contributed by atoms with van der Waals surface area (Å²) in [5, 5.41) is 22.0. The minimum absolute atomic E-state index is 0.142. The maximum Gasteiger partial charge on any atom is 0.327 e. The van der Waals surface area contributed by atoms with Crippen molar-refractivity contribution in [3.05, 3.63) is 144 Å². The number of aliphatic hydroxyl groups is 1. The standard InChI is InChI=1S/C40H35F2N3O7S/c41-29-11-7-26(8-12-29)34(46)23-53-38-37(44(39(38)49)31-15-13-30(42)14-16-31)27-9-17-32(18-10-27)52-22-36(48)45(35(47)21-43)33(40(50)51)20-24-5-6-25-3-1-2-4-28(25)19-24/h1-19,33-34,37-38,46H,20-23,43H2,(H,50,51)/t33-,34?,37-,38-/m1/s1. The van der Waals surface area contributed by atoms with E-state index in [1.54, 1.807) is 30.3 Å². The highest BCUT2D eigenvalue weighted by molar-refractivity contribution is 8.00. The number of fused-ring (bicyclic) bond motifs is 1. The van der Waals surface area contributed by atoms with Gasteiger partial charge in [-0.25, -0.2) is 13.6 Å². The number of β-lactam (4-membered cyclic amide) rings is 1. The summed E-state index contributed by atoms with van der Waals surface area (Å²) in [6.45, 7) is -1.25. The van der Waals surface area contributed by atoms with Crippen LogP contribution < -0.4 is 15.4 Å². The highest BCUT2D eigenvalue weighted by atomic mass is 32.2. The maximum absolute atomic E-state index is 13.7. The highest BCUT2D eigenvalue weighted by Gasteiger charge is 2.49. The van der Waals surface area contributed by atoms with Crippen LogP contribution in [0, 0.1) is 11.6 Å². The van der Waals surface area contributed by atoms with E-state index in [2.05, 4.69) is 0 Å². The van der Waals surface area contributed by atoms with E-state index in [4.69, 9.17) is 10.5 Å². The van der Waals surface area contributed by atoms with Crippen molar-refractivity contribution in [2.24, 2.45) is 5.73 Å². The van der Waals surface area contributed by atoms with E-state index in [0.29, 0.717) is 27.3 Å². The maximum atomic E-state index is 13.7. The Morgan fingerprint density at radius 2 is 1.49 bits per heavy atom. The average molecular weight is 740 g/mol. The number of aliphatic hydroxyl groups excluding tert-OH is 1. The fourth-order valence-corrected chi connectivity index (χ4v) is 7.55. The molecule has 0 saturated carbocycles. The minimum atomic E-state index is -1.53. The second-order valence-electron chi connectivity index (χ2n) is 12.4. The Hall–Kier alpha value is -5.63. The number of thioether (sulfide) groups is 1. The molecule has 1 aliphatic rings. The summed E-state index contributed by atoms with van der Waals surface area (Å²) in [5.74, 6) is -3.89. The number of imide groups is 1. The van der Waals surface area contributed by atoms with E-state index >= 15 is 0 Å². The number of nitrogens with two attached hydrogens (primary N) is 1. The predicted molar refractivity (Wildman–Crippen MR) is 196 cm³/mol. The molecule has 53 heavy (non-hydrogen) atoms. The SMILES string of the molecule is NCC(=O)N(C(=O)COc1ccc([C@@H]2[C@@H](SCC(O)c3ccc(F)cc3)C(=O)N2c2ccc(F)cc2)cc1)[C@H](Cc1ccc2ccccc2c1)C(=O)O. The summed E-state index contributed by atoms with van der Waals surface area (Å²) in [5.41, 5.74) is 7.86. The molecule has 0 bridgehead atoms. The number of carbonyl (C=O) groups is 4. The van der Waals surface area contributed by atoms with Gasteiger partial charge < -0.3 is 25.6 Å². The van der Waals surface area contributed by atoms with E-state index in [9.17, 15) is 38.2 Å².